The van der Waals surface area contributed by atoms with E-state index in [1.165, 1.54) is 11.0 Å². The van der Waals surface area contributed by atoms with Crippen LogP contribution in [0.2, 0.25) is 0 Å². The Labute approximate surface area is 145 Å². The van der Waals surface area contributed by atoms with Crippen LogP contribution >= 0.6 is 0 Å². The third-order valence-electron chi connectivity index (χ3n) is 3.64. The minimum atomic E-state index is -0.581. The molecular weight excluding hydrogens is 318 g/mol. The predicted octanol–water partition coefficient (Wildman–Crippen LogP) is 1.28. The first-order valence-corrected chi connectivity index (χ1v) is 8.03. The van der Waals surface area contributed by atoms with Crippen molar-refractivity contribution in [3.05, 3.63) is 66.7 Å². The van der Waals surface area contributed by atoms with Crippen molar-refractivity contribution in [3.63, 3.8) is 0 Å². The number of hydrogen-bond acceptors (Lipinski definition) is 6. The van der Waals surface area contributed by atoms with Crippen LogP contribution in [0, 0.1) is 0 Å². The molecule has 1 amide bonds. The Bertz CT molecular complexity index is 762. The molecule has 1 unspecified atom stereocenters. The molecule has 1 atom stereocenters. The molecule has 25 heavy (non-hydrogen) atoms. The fraction of sp³-hybridized carbons (Fsp3) is 0.235. The number of tetrazole rings is 1. The Morgan fingerprint density at radius 2 is 2.00 bits per heavy atom. The molecule has 0 saturated heterocycles. The Morgan fingerprint density at radius 1 is 1.12 bits per heavy atom. The molecular formula is C17H19N7O. The molecule has 0 aliphatic heterocycles. The van der Waals surface area contributed by atoms with Gasteiger partial charge in [0.25, 0.3) is 0 Å². The number of carbonyl (C=O) groups excluding carboxylic acids is 1. The number of anilines is 1. The van der Waals surface area contributed by atoms with Crippen molar-refractivity contribution in [1.82, 2.24) is 30.5 Å². The number of carbonyl (C=O) groups is 1. The Hall–Kier alpha value is -3.29. The Balaban J connectivity index is 1.53. The smallest absolute Gasteiger partial charge is 0.249 e. The van der Waals surface area contributed by atoms with Crippen LogP contribution in [0.1, 0.15) is 18.0 Å². The van der Waals surface area contributed by atoms with Crippen LogP contribution in [-0.4, -0.2) is 44.2 Å². The third-order valence-corrected chi connectivity index (χ3v) is 3.64. The van der Waals surface area contributed by atoms with Gasteiger partial charge in [-0.1, -0.05) is 30.3 Å². The highest BCUT2D eigenvalue weighted by Crippen LogP contribution is 2.16. The van der Waals surface area contributed by atoms with Gasteiger partial charge in [0, 0.05) is 25.5 Å². The first-order valence-electron chi connectivity index (χ1n) is 8.03. The van der Waals surface area contributed by atoms with Crippen molar-refractivity contribution >= 4 is 11.6 Å². The molecule has 8 heteroatoms. The minimum Gasteiger partial charge on any atom is -0.384 e. The number of amides is 1. The quantitative estimate of drug-likeness (QED) is 0.601. The first-order chi connectivity index (χ1) is 12.3. The summed E-state index contributed by atoms with van der Waals surface area (Å²) >= 11 is 0. The molecule has 0 bridgehead atoms. The van der Waals surface area contributed by atoms with E-state index in [0.29, 0.717) is 6.54 Å². The van der Waals surface area contributed by atoms with Gasteiger partial charge in [0.2, 0.25) is 5.91 Å². The lowest BCUT2D eigenvalue weighted by atomic mass is 10.1. The monoisotopic (exact) mass is 337 g/mol. The van der Waals surface area contributed by atoms with Gasteiger partial charge in [-0.15, -0.1) is 5.10 Å². The van der Waals surface area contributed by atoms with Crippen molar-refractivity contribution in [3.8, 4) is 0 Å². The number of hydrogen-bond donors (Lipinski definition) is 2. The van der Waals surface area contributed by atoms with Crippen molar-refractivity contribution in [2.45, 2.75) is 12.5 Å². The zero-order valence-electron chi connectivity index (χ0n) is 13.6. The maximum Gasteiger partial charge on any atom is 0.249 e. The van der Waals surface area contributed by atoms with Crippen molar-refractivity contribution in [1.29, 1.82) is 0 Å². The molecule has 2 aromatic heterocycles. The van der Waals surface area contributed by atoms with Crippen molar-refractivity contribution in [2.24, 2.45) is 0 Å². The summed E-state index contributed by atoms with van der Waals surface area (Å²) < 4.78 is 1.46. The molecule has 1 aromatic carbocycles. The number of benzene rings is 1. The van der Waals surface area contributed by atoms with Gasteiger partial charge in [-0.05, 0) is 34.5 Å². The number of nitrogens with one attached hydrogen (secondary N) is 2. The summed E-state index contributed by atoms with van der Waals surface area (Å²) in [5.41, 5.74) is 1.80. The summed E-state index contributed by atoms with van der Waals surface area (Å²) in [6, 6.07) is 12.7. The van der Waals surface area contributed by atoms with Crippen molar-refractivity contribution in [2.75, 3.05) is 18.4 Å². The third kappa shape index (κ3) is 4.60. The van der Waals surface area contributed by atoms with Crippen LogP contribution in [0.15, 0.2) is 61.2 Å². The lowest BCUT2D eigenvalue weighted by Gasteiger charge is -2.16. The van der Waals surface area contributed by atoms with Gasteiger partial charge in [-0.25, -0.2) is 4.68 Å². The molecule has 3 rings (SSSR count). The summed E-state index contributed by atoms with van der Waals surface area (Å²) in [5.74, 6) is -0.139. The van der Waals surface area contributed by atoms with Gasteiger partial charge in [-0.2, -0.15) is 0 Å². The van der Waals surface area contributed by atoms with Crippen LogP contribution in [0.4, 0.5) is 5.69 Å². The van der Waals surface area contributed by atoms with Crippen LogP contribution in [0.5, 0.6) is 0 Å². The summed E-state index contributed by atoms with van der Waals surface area (Å²) in [6.45, 7) is 1.30. The number of aromatic nitrogens is 5. The fourth-order valence-corrected chi connectivity index (χ4v) is 2.44. The Kier molecular flexibility index (Phi) is 5.65. The summed E-state index contributed by atoms with van der Waals surface area (Å²) in [6.07, 6.45) is 5.73. The van der Waals surface area contributed by atoms with Crippen LogP contribution < -0.4 is 10.6 Å². The summed E-state index contributed by atoms with van der Waals surface area (Å²) in [7, 11) is 0. The van der Waals surface area contributed by atoms with Gasteiger partial charge < -0.3 is 10.6 Å². The van der Waals surface area contributed by atoms with Crippen LogP contribution in [-0.2, 0) is 4.79 Å². The maximum atomic E-state index is 12.6. The highest BCUT2D eigenvalue weighted by molar-refractivity contribution is 5.83. The lowest BCUT2D eigenvalue weighted by Crippen LogP contribution is -2.34. The SMILES string of the molecule is O=C(NCCCNc1cccnc1)C(c1ccccc1)n1cnnn1. The molecule has 0 fully saturated rings. The van der Waals surface area contributed by atoms with Crippen molar-refractivity contribution < 1.29 is 4.79 Å². The van der Waals surface area contributed by atoms with Gasteiger partial charge in [-0.3, -0.25) is 9.78 Å². The van der Waals surface area contributed by atoms with E-state index >= 15 is 0 Å². The zero-order valence-corrected chi connectivity index (χ0v) is 13.6. The predicted molar refractivity (Wildman–Crippen MR) is 92.8 cm³/mol. The van der Waals surface area contributed by atoms with E-state index in [1.54, 1.807) is 12.4 Å². The average molecular weight is 337 g/mol. The lowest BCUT2D eigenvalue weighted by molar-refractivity contribution is -0.123. The van der Waals surface area contributed by atoms with E-state index in [4.69, 9.17) is 0 Å². The second kappa shape index (κ2) is 8.53. The van der Waals surface area contributed by atoms with Gasteiger partial charge in [0.1, 0.15) is 6.33 Å². The average Bonchev–Trinajstić information content (AvgIpc) is 3.17. The van der Waals surface area contributed by atoms with E-state index in [1.807, 2.05) is 42.5 Å². The molecule has 0 aliphatic carbocycles. The maximum absolute atomic E-state index is 12.6. The summed E-state index contributed by atoms with van der Waals surface area (Å²) in [5, 5.41) is 17.3. The Morgan fingerprint density at radius 3 is 2.72 bits per heavy atom. The van der Waals surface area contributed by atoms with E-state index in [9.17, 15) is 4.79 Å². The van der Waals surface area contributed by atoms with Gasteiger partial charge >= 0.3 is 0 Å². The zero-order chi connectivity index (χ0) is 17.3. The van der Waals surface area contributed by atoms with E-state index in [0.717, 1.165) is 24.2 Å². The molecule has 128 valence electrons. The van der Waals surface area contributed by atoms with E-state index in [2.05, 4.69) is 31.1 Å². The van der Waals surface area contributed by atoms with Gasteiger partial charge in [0.05, 0.1) is 5.69 Å². The highest BCUT2D eigenvalue weighted by atomic mass is 16.2. The van der Waals surface area contributed by atoms with E-state index < -0.39 is 6.04 Å². The molecule has 2 N–H and O–H groups in total. The molecule has 8 nitrogen and oxygen atoms in total. The van der Waals surface area contributed by atoms with Crippen LogP contribution in [0.3, 0.4) is 0 Å². The van der Waals surface area contributed by atoms with Crippen LogP contribution in [0.25, 0.3) is 0 Å². The molecule has 0 saturated carbocycles. The van der Waals surface area contributed by atoms with Gasteiger partial charge in [0.15, 0.2) is 6.04 Å². The number of pyridine rings is 1. The standard InChI is InChI=1S/C17H19N7O/c25-17(20-11-5-10-19-15-8-4-9-18-12-15)16(24-13-21-22-23-24)14-6-2-1-3-7-14/h1-4,6-9,12-13,16,19H,5,10-11H2,(H,20,25). The molecule has 3 aromatic rings. The molecule has 2 heterocycles. The molecule has 0 aliphatic rings. The fourth-order valence-electron chi connectivity index (χ4n) is 2.44. The molecule has 0 radical (unpaired) electrons. The second-order valence-electron chi connectivity index (χ2n) is 5.42. The molecule has 0 spiro atoms. The number of nitrogens with zero attached hydrogens (tertiary/aromatic N) is 5. The summed E-state index contributed by atoms with van der Waals surface area (Å²) in [4.78, 5) is 16.7. The van der Waals surface area contributed by atoms with E-state index in [-0.39, 0.29) is 5.91 Å². The topological polar surface area (TPSA) is 97.6 Å². The highest BCUT2D eigenvalue weighted by Gasteiger charge is 2.23. The number of rotatable bonds is 8. The minimum absolute atomic E-state index is 0.139. The normalized spacial score (nSPS) is 11.7. The largest absolute Gasteiger partial charge is 0.384 e. The second-order valence-corrected chi connectivity index (χ2v) is 5.42. The first kappa shape index (κ1) is 16.6.